The molecule has 9 heteroatoms. The molecule has 8 nitrogen and oxygen atoms in total. The standard InChI is InChI=1S/C24H28N2O6.Li.H/c1-24(2,3)32-23(31)26-14-18-7-5-4-6-17(18)12-19(26)20(27)13-25-21(28)15-8-10-16(11-9-15)22(29)30;;/h4-11,19-20,27H,12-14H2,1-3H3,(H,25,28)(H,29,30);;/q;+1;-1/t19-,20+;;/m0../s1. The SMILES string of the molecule is CC(C)(C)OC(=O)N1Cc2ccccc2C[C@H]1[C@H](O)CNC(=O)c1ccc(C(=O)O)cc1.[H-].[Li+]. The van der Waals surface area contributed by atoms with Crippen molar-refractivity contribution in [3.05, 3.63) is 70.8 Å². The number of aromatic carboxylic acids is 1. The van der Waals surface area contributed by atoms with E-state index < -0.39 is 35.7 Å². The summed E-state index contributed by atoms with van der Waals surface area (Å²) >= 11 is 0. The number of ether oxygens (including phenoxy) is 1. The molecule has 2 atom stereocenters. The molecule has 172 valence electrons. The van der Waals surface area contributed by atoms with Crippen molar-refractivity contribution >= 4 is 18.0 Å². The van der Waals surface area contributed by atoms with E-state index in [1.165, 1.54) is 29.2 Å². The van der Waals surface area contributed by atoms with Gasteiger partial charge in [0.25, 0.3) is 5.91 Å². The normalized spacial score (nSPS) is 16.1. The zero-order chi connectivity index (χ0) is 23.5. The molecule has 33 heavy (non-hydrogen) atoms. The molecule has 3 rings (SSSR count). The Morgan fingerprint density at radius 1 is 1.09 bits per heavy atom. The Labute approximate surface area is 206 Å². The molecule has 0 radical (unpaired) electrons. The number of carbonyl (C=O) groups is 3. The first-order valence-electron chi connectivity index (χ1n) is 10.4. The molecule has 3 N–H and O–H groups in total. The van der Waals surface area contributed by atoms with E-state index in [1.54, 1.807) is 20.8 Å². The van der Waals surface area contributed by atoms with Crippen molar-refractivity contribution < 1.29 is 49.6 Å². The fourth-order valence-electron chi connectivity index (χ4n) is 3.61. The number of carboxylic acids is 1. The summed E-state index contributed by atoms with van der Waals surface area (Å²) in [7, 11) is 0. The van der Waals surface area contributed by atoms with Crippen molar-refractivity contribution in [3.63, 3.8) is 0 Å². The zero-order valence-corrected chi connectivity index (χ0v) is 19.4. The first kappa shape index (κ1) is 26.5. The second-order valence-corrected chi connectivity index (χ2v) is 8.81. The number of carboxylic acid groups (broad SMARTS) is 1. The van der Waals surface area contributed by atoms with Crippen molar-refractivity contribution in [1.82, 2.24) is 10.2 Å². The third kappa shape index (κ3) is 6.84. The second-order valence-electron chi connectivity index (χ2n) is 8.81. The van der Waals surface area contributed by atoms with Gasteiger partial charge in [0, 0.05) is 18.7 Å². The average Bonchev–Trinajstić information content (AvgIpc) is 2.75. The van der Waals surface area contributed by atoms with Gasteiger partial charge < -0.3 is 21.7 Å². The van der Waals surface area contributed by atoms with Crippen molar-refractivity contribution in [1.29, 1.82) is 0 Å². The van der Waals surface area contributed by atoms with Crippen molar-refractivity contribution in [2.75, 3.05) is 6.54 Å². The smallest absolute Gasteiger partial charge is 1.00 e. The summed E-state index contributed by atoms with van der Waals surface area (Å²) in [5, 5.41) is 22.5. The van der Waals surface area contributed by atoms with Gasteiger partial charge in [-0.15, -0.1) is 0 Å². The Kier molecular flexibility index (Phi) is 8.73. The number of amides is 2. The molecule has 0 aliphatic carbocycles. The van der Waals surface area contributed by atoms with Gasteiger partial charge in [-0.1, -0.05) is 24.3 Å². The number of rotatable bonds is 5. The van der Waals surface area contributed by atoms with Crippen LogP contribution in [0.4, 0.5) is 4.79 Å². The molecule has 1 aliphatic rings. The van der Waals surface area contributed by atoms with Gasteiger partial charge in [-0.3, -0.25) is 9.69 Å². The largest absolute Gasteiger partial charge is 1.00 e. The van der Waals surface area contributed by atoms with Crippen LogP contribution < -0.4 is 24.2 Å². The van der Waals surface area contributed by atoms with Crippen molar-refractivity contribution in [3.8, 4) is 0 Å². The Morgan fingerprint density at radius 3 is 2.24 bits per heavy atom. The maximum atomic E-state index is 12.8. The summed E-state index contributed by atoms with van der Waals surface area (Å²) in [5.41, 5.74) is 1.70. The minimum Gasteiger partial charge on any atom is -1.00 e. The number of carbonyl (C=O) groups excluding carboxylic acids is 2. The van der Waals surface area contributed by atoms with Gasteiger partial charge in [0.15, 0.2) is 0 Å². The minimum absolute atomic E-state index is 0. The summed E-state index contributed by atoms with van der Waals surface area (Å²) in [6.07, 6.45) is -1.12. The third-order valence-corrected chi connectivity index (χ3v) is 5.23. The summed E-state index contributed by atoms with van der Waals surface area (Å²) in [4.78, 5) is 37.7. The van der Waals surface area contributed by atoms with Crippen LogP contribution in [0.15, 0.2) is 48.5 Å². The van der Waals surface area contributed by atoms with Crippen LogP contribution in [-0.2, 0) is 17.7 Å². The number of hydrogen-bond acceptors (Lipinski definition) is 5. The number of nitrogens with zero attached hydrogens (tertiary/aromatic N) is 1. The van der Waals surface area contributed by atoms with Gasteiger partial charge in [-0.25, -0.2) is 9.59 Å². The van der Waals surface area contributed by atoms with E-state index in [2.05, 4.69) is 5.32 Å². The predicted octanol–water partition coefficient (Wildman–Crippen LogP) is -0.0460. The number of benzene rings is 2. The maximum absolute atomic E-state index is 12.8. The van der Waals surface area contributed by atoms with E-state index in [0.29, 0.717) is 13.0 Å². The molecule has 0 aromatic heterocycles. The first-order chi connectivity index (χ1) is 15.0. The van der Waals surface area contributed by atoms with Gasteiger partial charge in [0.1, 0.15) is 5.60 Å². The van der Waals surface area contributed by atoms with E-state index in [-0.39, 0.29) is 38.0 Å². The van der Waals surface area contributed by atoms with Crippen LogP contribution >= 0.6 is 0 Å². The molecule has 1 aliphatic heterocycles. The third-order valence-electron chi connectivity index (χ3n) is 5.23. The van der Waals surface area contributed by atoms with Crippen LogP contribution in [0.25, 0.3) is 0 Å². The number of aliphatic hydroxyl groups is 1. The molecule has 0 fully saturated rings. The quantitative estimate of drug-likeness (QED) is 0.553. The first-order valence-corrected chi connectivity index (χ1v) is 10.4. The monoisotopic (exact) mass is 448 g/mol. The Hall–Kier alpha value is -2.79. The fraction of sp³-hybridized carbons (Fsp3) is 0.375. The molecule has 2 aromatic rings. The van der Waals surface area contributed by atoms with Gasteiger partial charge in [-0.2, -0.15) is 0 Å². The summed E-state index contributed by atoms with van der Waals surface area (Å²) in [6.45, 7) is 5.57. The summed E-state index contributed by atoms with van der Waals surface area (Å²) in [5.74, 6) is -1.52. The molecule has 0 spiro atoms. The van der Waals surface area contributed by atoms with Crippen molar-refractivity contribution in [2.24, 2.45) is 0 Å². The Balaban J connectivity index is 0.00000289. The summed E-state index contributed by atoms with van der Waals surface area (Å²) < 4.78 is 5.54. The fourth-order valence-corrected chi connectivity index (χ4v) is 3.61. The topological polar surface area (TPSA) is 116 Å². The van der Waals surface area contributed by atoms with Crippen LogP contribution in [-0.4, -0.2) is 57.4 Å². The molecule has 0 bridgehead atoms. The summed E-state index contributed by atoms with van der Waals surface area (Å²) in [6, 6.07) is 12.7. The van der Waals surface area contributed by atoms with Crippen LogP contribution in [0.2, 0.25) is 0 Å². The molecule has 0 unspecified atom stereocenters. The van der Waals surface area contributed by atoms with E-state index in [0.717, 1.165) is 11.1 Å². The molecule has 0 saturated carbocycles. The maximum Gasteiger partial charge on any atom is 1.00 e. The van der Waals surface area contributed by atoms with Gasteiger partial charge >= 0.3 is 30.9 Å². The molecule has 1 heterocycles. The van der Waals surface area contributed by atoms with Crippen LogP contribution in [0.5, 0.6) is 0 Å². The van der Waals surface area contributed by atoms with Crippen LogP contribution in [0.3, 0.4) is 0 Å². The molecule has 2 amide bonds. The molecular weight excluding hydrogens is 419 g/mol. The average molecular weight is 448 g/mol. The number of hydrogen-bond donors (Lipinski definition) is 3. The van der Waals surface area contributed by atoms with E-state index in [1.807, 2.05) is 24.3 Å². The van der Waals surface area contributed by atoms with Gasteiger partial charge in [0.2, 0.25) is 0 Å². The molecular formula is C24H29LiN2O6. The molecule has 0 saturated heterocycles. The Morgan fingerprint density at radius 2 is 1.67 bits per heavy atom. The zero-order valence-electron chi connectivity index (χ0n) is 20.4. The number of aliphatic hydroxyl groups excluding tert-OH is 1. The molecule has 2 aromatic carbocycles. The van der Waals surface area contributed by atoms with Crippen molar-refractivity contribution in [2.45, 2.75) is 51.5 Å². The number of nitrogens with one attached hydrogen (secondary N) is 1. The van der Waals surface area contributed by atoms with E-state index >= 15 is 0 Å². The van der Waals surface area contributed by atoms with Crippen LogP contribution in [0, 0.1) is 0 Å². The second kappa shape index (κ2) is 10.9. The van der Waals surface area contributed by atoms with E-state index in [9.17, 15) is 19.5 Å². The van der Waals surface area contributed by atoms with Gasteiger partial charge in [-0.05, 0) is 62.6 Å². The Bertz CT molecular complexity index is 1010. The van der Waals surface area contributed by atoms with E-state index in [4.69, 9.17) is 9.84 Å². The minimum atomic E-state index is -1.08. The van der Waals surface area contributed by atoms with Crippen LogP contribution in [0.1, 0.15) is 54.0 Å². The number of fused-ring (bicyclic) bond motifs is 1. The predicted molar refractivity (Wildman–Crippen MR) is 119 cm³/mol. The van der Waals surface area contributed by atoms with Gasteiger partial charge in [0.05, 0.1) is 17.7 Å².